The average Bonchev–Trinajstić information content (AvgIpc) is 3.43. The highest BCUT2D eigenvalue weighted by Crippen LogP contribution is 2.16. The van der Waals surface area contributed by atoms with Gasteiger partial charge < -0.3 is 14.2 Å². The van der Waals surface area contributed by atoms with Gasteiger partial charge in [0.1, 0.15) is 13.2 Å². The molecule has 0 N–H and O–H groups in total. The van der Waals surface area contributed by atoms with Crippen LogP contribution in [0.2, 0.25) is 0 Å². The van der Waals surface area contributed by atoms with E-state index < -0.39 is 6.10 Å². The molecule has 0 saturated carbocycles. The Labute approximate surface area is 476 Å². The molecule has 0 bridgehead atoms. The smallest absolute Gasteiger partial charge is 0.306 e. The maximum Gasteiger partial charge on any atom is 0.306 e. The van der Waals surface area contributed by atoms with Crippen LogP contribution in [-0.4, -0.2) is 37.2 Å². The van der Waals surface area contributed by atoms with Gasteiger partial charge >= 0.3 is 17.9 Å². The van der Waals surface area contributed by atoms with Gasteiger partial charge in [0.05, 0.1) is 0 Å². The van der Waals surface area contributed by atoms with E-state index in [0.29, 0.717) is 19.3 Å². The molecule has 0 saturated heterocycles. The highest BCUT2D eigenvalue weighted by Gasteiger charge is 2.19. The van der Waals surface area contributed by atoms with Gasteiger partial charge in [-0.25, -0.2) is 0 Å². The molecular weight excluding hydrogens is 949 g/mol. The van der Waals surface area contributed by atoms with E-state index >= 15 is 0 Å². The van der Waals surface area contributed by atoms with Crippen molar-refractivity contribution in [2.24, 2.45) is 0 Å². The Morgan fingerprint density at radius 1 is 0.273 bits per heavy atom. The van der Waals surface area contributed by atoms with E-state index in [1.165, 1.54) is 141 Å². The second kappa shape index (κ2) is 64.6. The van der Waals surface area contributed by atoms with Gasteiger partial charge in [-0.3, -0.25) is 14.4 Å². The van der Waals surface area contributed by atoms with Crippen LogP contribution in [0.25, 0.3) is 0 Å². The molecule has 0 radical (unpaired) electrons. The molecule has 0 aliphatic heterocycles. The first-order chi connectivity index (χ1) is 38.0. The minimum absolute atomic E-state index is 0.102. The fourth-order valence-corrected chi connectivity index (χ4v) is 8.93. The van der Waals surface area contributed by atoms with Crippen molar-refractivity contribution in [3.8, 4) is 0 Å². The third-order valence-corrected chi connectivity index (χ3v) is 13.8. The molecule has 0 fully saturated rings. The van der Waals surface area contributed by atoms with Crippen molar-refractivity contribution >= 4 is 17.9 Å². The Kier molecular flexibility index (Phi) is 61.3. The third kappa shape index (κ3) is 62.8. The number of ether oxygens (including phenoxy) is 3. The first-order valence-electron chi connectivity index (χ1n) is 32.4. The molecule has 0 aromatic heterocycles. The molecule has 0 heterocycles. The van der Waals surface area contributed by atoms with Crippen molar-refractivity contribution in [2.45, 2.75) is 309 Å². The standard InChI is InChI=1S/C71H120O6/c1-4-7-10-13-16-19-22-25-28-31-33-35-36-37-39-40-43-46-49-52-55-58-61-64-70(73)76-67-68(66-75-69(72)63-60-57-54-51-48-45-42-30-27-24-21-18-15-12-9-6-3)77-71(74)65-62-59-56-53-50-47-44-41-38-34-32-29-26-23-20-17-14-11-8-5-2/h7,10,16,19,21,24-25,28,30,33,35,37,39,42-43,46,52,55,68H,4-6,8-9,11-15,17-18,20,22-23,26-27,29,31-32,34,36,38,40-41,44-45,47-51,53-54,56-67H2,1-3H3/b10-7-,19-16-,24-21-,28-25-,35-33-,39-37-,42-30-,46-43-,55-52-. The number of unbranched alkanes of at least 4 members (excludes halogenated alkanes) is 29. The molecule has 0 aliphatic carbocycles. The highest BCUT2D eigenvalue weighted by atomic mass is 16.6. The Bertz CT molecular complexity index is 1560. The van der Waals surface area contributed by atoms with E-state index in [-0.39, 0.29) is 37.5 Å². The minimum Gasteiger partial charge on any atom is -0.462 e. The fraction of sp³-hybridized carbons (Fsp3) is 0.704. The minimum atomic E-state index is -0.809. The summed E-state index contributed by atoms with van der Waals surface area (Å²) in [7, 11) is 0. The van der Waals surface area contributed by atoms with Gasteiger partial charge in [0, 0.05) is 19.3 Å². The second-order valence-electron chi connectivity index (χ2n) is 21.3. The predicted octanol–water partition coefficient (Wildman–Crippen LogP) is 22.2. The van der Waals surface area contributed by atoms with Gasteiger partial charge in [-0.1, -0.05) is 291 Å². The number of carbonyl (C=O) groups excluding carboxylic acids is 3. The lowest BCUT2D eigenvalue weighted by molar-refractivity contribution is -0.167. The molecule has 77 heavy (non-hydrogen) atoms. The highest BCUT2D eigenvalue weighted by molar-refractivity contribution is 5.71. The Hall–Kier alpha value is -3.93. The Balaban J connectivity index is 4.48. The molecular formula is C71H120O6. The van der Waals surface area contributed by atoms with E-state index in [9.17, 15) is 14.4 Å². The number of allylic oxidation sites excluding steroid dienone is 18. The second-order valence-corrected chi connectivity index (χ2v) is 21.3. The summed E-state index contributed by atoms with van der Waals surface area (Å²) in [6.45, 7) is 6.48. The maximum atomic E-state index is 12.9. The molecule has 0 spiro atoms. The van der Waals surface area contributed by atoms with Crippen LogP contribution in [0.3, 0.4) is 0 Å². The van der Waals surface area contributed by atoms with Gasteiger partial charge in [0.25, 0.3) is 0 Å². The molecule has 6 nitrogen and oxygen atoms in total. The largest absolute Gasteiger partial charge is 0.462 e. The Morgan fingerprint density at radius 2 is 0.519 bits per heavy atom. The van der Waals surface area contributed by atoms with Crippen LogP contribution < -0.4 is 0 Å². The van der Waals surface area contributed by atoms with Crippen molar-refractivity contribution in [3.63, 3.8) is 0 Å². The third-order valence-electron chi connectivity index (χ3n) is 13.8. The molecule has 1 atom stereocenters. The van der Waals surface area contributed by atoms with Gasteiger partial charge in [-0.2, -0.15) is 0 Å². The van der Waals surface area contributed by atoms with Crippen molar-refractivity contribution in [3.05, 3.63) is 109 Å². The van der Waals surface area contributed by atoms with Crippen LogP contribution in [0.4, 0.5) is 0 Å². The van der Waals surface area contributed by atoms with Crippen LogP contribution in [0.5, 0.6) is 0 Å². The zero-order valence-electron chi connectivity index (χ0n) is 50.4. The van der Waals surface area contributed by atoms with E-state index in [1.54, 1.807) is 0 Å². The van der Waals surface area contributed by atoms with Crippen molar-refractivity contribution in [1.29, 1.82) is 0 Å². The summed E-state index contributed by atoms with van der Waals surface area (Å²) in [5.74, 6) is -0.966. The number of hydrogen-bond acceptors (Lipinski definition) is 6. The molecule has 0 rings (SSSR count). The SMILES string of the molecule is CC/C=C\C/C=C\C/C=C\C/C=C\C/C=C\C/C=C\C/C=C\CCCC(=O)OCC(COC(=O)CCCCCCC/C=C\C/C=C\CCCCCC)OC(=O)CCCCCCCCCCCCCCCCCCCCCC. The lowest BCUT2D eigenvalue weighted by atomic mass is 10.0. The normalized spacial score (nSPS) is 12.8. The van der Waals surface area contributed by atoms with Crippen LogP contribution in [0, 0.1) is 0 Å². The number of hydrogen-bond donors (Lipinski definition) is 0. The fourth-order valence-electron chi connectivity index (χ4n) is 8.93. The summed E-state index contributed by atoms with van der Waals surface area (Å²) in [6, 6.07) is 0. The topological polar surface area (TPSA) is 78.9 Å². The first-order valence-corrected chi connectivity index (χ1v) is 32.4. The van der Waals surface area contributed by atoms with Crippen LogP contribution >= 0.6 is 0 Å². The quantitative estimate of drug-likeness (QED) is 0.0261. The predicted molar refractivity (Wildman–Crippen MR) is 334 cm³/mol. The van der Waals surface area contributed by atoms with E-state index in [1.807, 2.05) is 0 Å². The van der Waals surface area contributed by atoms with E-state index in [2.05, 4.69) is 130 Å². The molecule has 6 heteroatoms. The van der Waals surface area contributed by atoms with Gasteiger partial charge in [-0.05, 0) is 103 Å². The van der Waals surface area contributed by atoms with Gasteiger partial charge in [0.15, 0.2) is 6.10 Å². The molecule has 0 aromatic carbocycles. The summed E-state index contributed by atoms with van der Waals surface area (Å²) in [4.78, 5) is 38.3. The lowest BCUT2D eigenvalue weighted by Gasteiger charge is -2.18. The monoisotopic (exact) mass is 1070 g/mol. The summed E-state index contributed by atoms with van der Waals surface area (Å²) in [6.07, 6.45) is 88.1. The zero-order valence-corrected chi connectivity index (χ0v) is 50.4. The Morgan fingerprint density at radius 3 is 0.857 bits per heavy atom. The number of rotatable bonds is 58. The van der Waals surface area contributed by atoms with Crippen molar-refractivity contribution in [1.82, 2.24) is 0 Å². The van der Waals surface area contributed by atoms with Gasteiger partial charge in [-0.15, -0.1) is 0 Å². The summed E-state index contributed by atoms with van der Waals surface area (Å²) >= 11 is 0. The molecule has 440 valence electrons. The molecule has 1 unspecified atom stereocenters. The lowest BCUT2D eigenvalue weighted by Crippen LogP contribution is -2.30. The average molecular weight is 1070 g/mol. The molecule has 0 aliphatic rings. The van der Waals surface area contributed by atoms with Crippen molar-refractivity contribution < 1.29 is 28.6 Å². The summed E-state index contributed by atoms with van der Waals surface area (Å²) < 4.78 is 16.9. The number of carbonyl (C=O) groups is 3. The van der Waals surface area contributed by atoms with Crippen LogP contribution in [0.15, 0.2) is 109 Å². The summed E-state index contributed by atoms with van der Waals surface area (Å²) in [5, 5.41) is 0. The molecule has 0 aromatic rings. The van der Waals surface area contributed by atoms with Gasteiger partial charge in [0.2, 0.25) is 0 Å². The van der Waals surface area contributed by atoms with Crippen LogP contribution in [0.1, 0.15) is 303 Å². The number of esters is 3. The molecule has 0 amide bonds. The van der Waals surface area contributed by atoms with Crippen LogP contribution in [-0.2, 0) is 28.6 Å². The first kappa shape index (κ1) is 73.1. The maximum absolute atomic E-state index is 12.9. The summed E-state index contributed by atoms with van der Waals surface area (Å²) in [5.41, 5.74) is 0. The van der Waals surface area contributed by atoms with E-state index in [4.69, 9.17) is 14.2 Å². The zero-order chi connectivity index (χ0) is 55.7. The van der Waals surface area contributed by atoms with Crippen molar-refractivity contribution in [2.75, 3.05) is 13.2 Å². The van der Waals surface area contributed by atoms with E-state index in [0.717, 1.165) is 116 Å².